The molecule has 3 rings (SSSR count). The van der Waals surface area contributed by atoms with Gasteiger partial charge < -0.3 is 30.6 Å². The summed E-state index contributed by atoms with van der Waals surface area (Å²) in [5.41, 5.74) is 7.55. The number of nitrogen functional groups attached to an aromatic ring is 1. The number of benzene rings is 2. The van der Waals surface area contributed by atoms with Gasteiger partial charge in [0.05, 0.1) is 12.3 Å². The van der Waals surface area contributed by atoms with Gasteiger partial charge in [-0.15, -0.1) is 0 Å². The number of nitrogens with two attached hydrogens (primary N) is 1. The molecule has 5 N–H and O–H groups in total. The van der Waals surface area contributed by atoms with Crippen LogP contribution in [0.25, 0.3) is 0 Å². The highest BCUT2D eigenvalue weighted by Gasteiger charge is 2.19. The minimum Gasteiger partial charge on any atom is -0.506 e. The number of carbonyl (C=O) groups excluding carboxylic acids is 1. The molecule has 1 saturated heterocycles. The fourth-order valence-corrected chi connectivity index (χ4v) is 3.43. The zero-order valence-corrected chi connectivity index (χ0v) is 18.1. The number of amides is 1. The number of likely N-dealkylation sites (tertiary alicyclic amines) is 1. The Labute approximate surface area is 187 Å². The molecule has 0 atom stereocenters. The van der Waals surface area contributed by atoms with Crippen LogP contribution < -0.4 is 10.5 Å². The Balaban J connectivity index is 1.67. The van der Waals surface area contributed by atoms with Gasteiger partial charge in [0.15, 0.2) is 0 Å². The molecule has 8 nitrogen and oxygen atoms in total. The van der Waals surface area contributed by atoms with Crippen molar-refractivity contribution >= 4 is 23.0 Å². The van der Waals surface area contributed by atoms with Gasteiger partial charge in [-0.3, -0.25) is 10.2 Å². The largest absolute Gasteiger partial charge is 0.506 e. The van der Waals surface area contributed by atoms with E-state index in [4.69, 9.17) is 26.0 Å². The lowest BCUT2D eigenvalue weighted by Crippen LogP contribution is -2.27. The lowest BCUT2D eigenvalue weighted by atomic mass is 10.0. The van der Waals surface area contributed by atoms with Crippen molar-refractivity contribution in [2.75, 3.05) is 39.1 Å². The first-order valence-electron chi connectivity index (χ1n) is 10.4. The van der Waals surface area contributed by atoms with Crippen LogP contribution in [0.1, 0.15) is 34.3 Å². The standard InChI is InChI=1S/C24H28N4O4/c1-31-12-13-32-18-8-9-19(21(26)14-18)23(27)22(29)15-20(25)16-4-6-17(7-5-16)24(30)28-10-2-3-11-28/h4-9,14-15,25,27,29H,2-3,10-13,26H2,1H3/b22-15-,25-20?,27-23?. The van der Waals surface area contributed by atoms with E-state index in [0.717, 1.165) is 25.9 Å². The van der Waals surface area contributed by atoms with Gasteiger partial charge in [0.1, 0.15) is 23.8 Å². The summed E-state index contributed by atoms with van der Waals surface area (Å²) < 4.78 is 10.4. The normalized spacial score (nSPS) is 13.8. The molecule has 8 heteroatoms. The summed E-state index contributed by atoms with van der Waals surface area (Å²) in [7, 11) is 1.58. The van der Waals surface area contributed by atoms with Crippen LogP contribution >= 0.6 is 0 Å². The molecule has 0 spiro atoms. The Morgan fingerprint density at radius 2 is 1.75 bits per heavy atom. The van der Waals surface area contributed by atoms with Crippen LogP contribution in [0.3, 0.4) is 0 Å². The van der Waals surface area contributed by atoms with Crippen LogP contribution in [-0.4, -0.2) is 60.8 Å². The van der Waals surface area contributed by atoms with Crippen LogP contribution in [0.5, 0.6) is 5.75 Å². The molecule has 2 aromatic carbocycles. The monoisotopic (exact) mass is 436 g/mol. The molecule has 1 aliphatic rings. The van der Waals surface area contributed by atoms with E-state index < -0.39 is 0 Å². The SMILES string of the molecule is COCCOc1ccc(C(=N)/C(O)=C/C(=N)c2ccc(C(=O)N3CCCC3)cc2)c(N)c1. The Kier molecular flexibility index (Phi) is 7.62. The highest BCUT2D eigenvalue weighted by molar-refractivity contribution is 6.17. The Morgan fingerprint density at radius 1 is 1.09 bits per heavy atom. The van der Waals surface area contributed by atoms with Crippen molar-refractivity contribution in [1.29, 1.82) is 10.8 Å². The summed E-state index contributed by atoms with van der Waals surface area (Å²) in [6, 6.07) is 11.5. The predicted molar refractivity (Wildman–Crippen MR) is 124 cm³/mol. The van der Waals surface area contributed by atoms with E-state index in [1.807, 2.05) is 4.90 Å². The maximum absolute atomic E-state index is 12.4. The highest BCUT2D eigenvalue weighted by Crippen LogP contribution is 2.22. The van der Waals surface area contributed by atoms with E-state index in [-0.39, 0.29) is 28.8 Å². The number of nitrogens with zero attached hydrogens (tertiary/aromatic N) is 1. The highest BCUT2D eigenvalue weighted by atomic mass is 16.5. The molecular weight excluding hydrogens is 408 g/mol. The fourth-order valence-electron chi connectivity index (χ4n) is 3.43. The summed E-state index contributed by atoms with van der Waals surface area (Å²) in [6.45, 7) is 2.37. The molecule has 168 valence electrons. The molecule has 0 radical (unpaired) electrons. The van der Waals surface area contributed by atoms with Crippen molar-refractivity contribution in [2.24, 2.45) is 0 Å². The van der Waals surface area contributed by atoms with Crippen molar-refractivity contribution in [3.05, 3.63) is 71.0 Å². The Bertz CT molecular complexity index is 1020. The molecule has 0 saturated carbocycles. The number of aliphatic hydroxyl groups is 1. The van der Waals surface area contributed by atoms with Crippen molar-refractivity contribution in [2.45, 2.75) is 12.8 Å². The molecule has 0 bridgehead atoms. The Hall–Kier alpha value is -3.65. The number of rotatable bonds is 9. The molecule has 32 heavy (non-hydrogen) atoms. The minimum atomic E-state index is -0.382. The van der Waals surface area contributed by atoms with Gasteiger partial charge in [-0.25, -0.2) is 0 Å². The summed E-state index contributed by atoms with van der Waals surface area (Å²) in [4.78, 5) is 14.3. The lowest BCUT2D eigenvalue weighted by molar-refractivity contribution is 0.0793. The van der Waals surface area contributed by atoms with Crippen molar-refractivity contribution in [3.8, 4) is 5.75 Å². The third kappa shape index (κ3) is 5.53. The van der Waals surface area contributed by atoms with Crippen molar-refractivity contribution in [1.82, 2.24) is 4.90 Å². The summed E-state index contributed by atoms with van der Waals surface area (Å²) in [6.07, 6.45) is 3.25. The van der Waals surface area contributed by atoms with Crippen molar-refractivity contribution < 1.29 is 19.4 Å². The van der Waals surface area contributed by atoms with Crippen LogP contribution in [0.2, 0.25) is 0 Å². The quantitative estimate of drug-likeness (QED) is 0.207. The molecule has 1 aliphatic heterocycles. The molecule has 1 heterocycles. The van der Waals surface area contributed by atoms with E-state index in [1.54, 1.807) is 49.6 Å². The van der Waals surface area contributed by atoms with Gasteiger partial charge >= 0.3 is 0 Å². The maximum Gasteiger partial charge on any atom is 0.253 e. The van der Waals surface area contributed by atoms with Gasteiger partial charge in [-0.05, 0) is 42.7 Å². The van der Waals surface area contributed by atoms with E-state index in [1.165, 1.54) is 6.08 Å². The number of methoxy groups -OCH3 is 1. The van der Waals surface area contributed by atoms with E-state index in [0.29, 0.717) is 35.7 Å². The number of ether oxygens (including phenoxy) is 2. The van der Waals surface area contributed by atoms with E-state index in [9.17, 15) is 9.90 Å². The van der Waals surface area contributed by atoms with Gasteiger partial charge in [0.2, 0.25) is 0 Å². The van der Waals surface area contributed by atoms with Crippen LogP contribution in [0, 0.1) is 10.8 Å². The smallest absolute Gasteiger partial charge is 0.253 e. The van der Waals surface area contributed by atoms with Gasteiger partial charge in [-0.2, -0.15) is 0 Å². The first-order valence-corrected chi connectivity index (χ1v) is 10.4. The van der Waals surface area contributed by atoms with Crippen LogP contribution in [-0.2, 0) is 4.74 Å². The average molecular weight is 437 g/mol. The fraction of sp³-hybridized carbons (Fsp3) is 0.292. The first kappa shape index (κ1) is 23.0. The number of aliphatic hydroxyl groups excluding tert-OH is 1. The second-order valence-corrected chi connectivity index (χ2v) is 7.49. The number of hydrogen-bond acceptors (Lipinski definition) is 7. The summed E-state index contributed by atoms with van der Waals surface area (Å²) in [5.74, 6) is 0.147. The minimum absolute atomic E-state index is 0.00845. The third-order valence-corrected chi connectivity index (χ3v) is 5.22. The number of allylic oxidation sites excluding steroid dienone is 2. The van der Waals surface area contributed by atoms with Crippen LogP contribution in [0.15, 0.2) is 54.3 Å². The topological polar surface area (TPSA) is 133 Å². The molecule has 1 amide bonds. The number of anilines is 1. The van der Waals surface area contributed by atoms with E-state index >= 15 is 0 Å². The van der Waals surface area contributed by atoms with Gasteiger partial charge in [-0.1, -0.05) is 12.1 Å². The van der Waals surface area contributed by atoms with Gasteiger partial charge in [0.25, 0.3) is 5.91 Å². The number of hydrogen-bond donors (Lipinski definition) is 4. The third-order valence-electron chi connectivity index (χ3n) is 5.22. The average Bonchev–Trinajstić information content (AvgIpc) is 3.33. The molecule has 0 unspecified atom stereocenters. The Morgan fingerprint density at radius 3 is 2.38 bits per heavy atom. The zero-order valence-electron chi connectivity index (χ0n) is 18.1. The number of carbonyl (C=O) groups is 1. The second-order valence-electron chi connectivity index (χ2n) is 7.49. The predicted octanol–water partition coefficient (Wildman–Crippen LogP) is 3.41. The second kappa shape index (κ2) is 10.6. The first-order chi connectivity index (χ1) is 15.4. The number of nitrogens with one attached hydrogen (secondary N) is 2. The van der Waals surface area contributed by atoms with Crippen LogP contribution in [0.4, 0.5) is 5.69 Å². The molecule has 1 fully saturated rings. The van der Waals surface area contributed by atoms with Crippen molar-refractivity contribution in [3.63, 3.8) is 0 Å². The molecule has 2 aromatic rings. The van der Waals surface area contributed by atoms with Gasteiger partial charge in [0, 0.05) is 49.2 Å². The zero-order chi connectivity index (χ0) is 23.1. The lowest BCUT2D eigenvalue weighted by Gasteiger charge is -2.15. The summed E-state index contributed by atoms with van der Waals surface area (Å²) >= 11 is 0. The maximum atomic E-state index is 12.4. The van der Waals surface area contributed by atoms with E-state index in [2.05, 4.69) is 0 Å². The molecule has 0 aliphatic carbocycles. The molecular formula is C24H28N4O4. The summed E-state index contributed by atoms with van der Waals surface area (Å²) in [5, 5.41) is 26.9. The molecule has 0 aromatic heterocycles.